The number of carbonyl (C=O) groups excluding carboxylic acids is 5. The second-order valence-electron chi connectivity index (χ2n) is 6.10. The molecule has 1 saturated heterocycles. The zero-order valence-electron chi connectivity index (χ0n) is 15.5. The Hall–Kier alpha value is -2.29. The van der Waals surface area contributed by atoms with Crippen molar-refractivity contribution in [2.45, 2.75) is 58.8 Å². The van der Waals surface area contributed by atoms with Crippen LogP contribution in [-0.2, 0) is 42.9 Å². The Bertz CT molecular complexity index is 581. The van der Waals surface area contributed by atoms with Crippen LogP contribution in [-0.4, -0.2) is 61.5 Å². The van der Waals surface area contributed by atoms with Crippen LogP contribution in [0.15, 0.2) is 0 Å². The van der Waals surface area contributed by atoms with Gasteiger partial charge in [-0.2, -0.15) is 0 Å². The molecule has 0 N–H and O–H groups in total. The molecule has 0 aromatic heterocycles. The molecule has 1 rings (SSSR count). The molecule has 1 heterocycles. The van der Waals surface area contributed by atoms with E-state index in [9.17, 15) is 24.0 Å². The second-order valence-corrected chi connectivity index (χ2v) is 6.10. The van der Waals surface area contributed by atoms with E-state index >= 15 is 0 Å². The van der Waals surface area contributed by atoms with Crippen molar-refractivity contribution in [1.29, 1.82) is 0 Å². The molecule has 1 aliphatic heterocycles. The summed E-state index contributed by atoms with van der Waals surface area (Å²) in [6, 6.07) is 0. The molecule has 0 radical (unpaired) electrons. The largest absolute Gasteiger partial charge is 0.468 e. The summed E-state index contributed by atoms with van der Waals surface area (Å²) >= 11 is 0. The Morgan fingerprint density at radius 2 is 1.54 bits per heavy atom. The van der Waals surface area contributed by atoms with Gasteiger partial charge in [0, 0.05) is 13.8 Å². The van der Waals surface area contributed by atoms with E-state index in [-0.39, 0.29) is 19.4 Å². The van der Waals surface area contributed by atoms with Gasteiger partial charge in [0.1, 0.15) is 18.8 Å². The van der Waals surface area contributed by atoms with E-state index in [0.717, 1.165) is 21.0 Å². The summed E-state index contributed by atoms with van der Waals surface area (Å²) in [5.74, 6) is -3.56. The predicted molar refractivity (Wildman–Crippen MR) is 85.9 cm³/mol. The second kappa shape index (κ2) is 8.88. The molecule has 9 heteroatoms. The minimum absolute atomic E-state index is 0.1000. The van der Waals surface area contributed by atoms with Crippen LogP contribution in [0, 0.1) is 5.41 Å². The van der Waals surface area contributed by atoms with Gasteiger partial charge in [-0.1, -0.05) is 0 Å². The molecule has 9 nitrogen and oxygen atoms in total. The summed E-state index contributed by atoms with van der Waals surface area (Å²) in [6.45, 7) is 4.39. The van der Waals surface area contributed by atoms with Crippen LogP contribution in [0.5, 0.6) is 0 Å². The SMILES string of the molecule is COC(=O)C(C(C)=O)(C(C)=O)[C@@H]1CC[C@H](OC(C)=O)[C@@H](COC(C)=O)O1. The van der Waals surface area contributed by atoms with Gasteiger partial charge in [-0.3, -0.25) is 24.0 Å². The molecule has 0 unspecified atom stereocenters. The average Bonchev–Trinajstić information content (AvgIpc) is 2.53. The molecule has 0 saturated carbocycles. The van der Waals surface area contributed by atoms with Gasteiger partial charge >= 0.3 is 17.9 Å². The fraction of sp³-hybridized carbons (Fsp3) is 0.706. The summed E-state index contributed by atoms with van der Waals surface area (Å²) in [4.78, 5) is 59.2. The van der Waals surface area contributed by atoms with Gasteiger partial charge in [0.25, 0.3) is 0 Å². The summed E-state index contributed by atoms with van der Waals surface area (Å²) in [5.41, 5.74) is -2.12. The van der Waals surface area contributed by atoms with E-state index in [4.69, 9.17) is 14.2 Å². The van der Waals surface area contributed by atoms with Gasteiger partial charge in [0.15, 0.2) is 11.6 Å². The maximum atomic E-state index is 12.3. The van der Waals surface area contributed by atoms with Crippen LogP contribution in [0.1, 0.15) is 40.5 Å². The zero-order chi connectivity index (χ0) is 20.1. The number of methoxy groups -OCH3 is 1. The molecule has 1 aliphatic rings. The molecule has 0 aromatic carbocycles. The zero-order valence-corrected chi connectivity index (χ0v) is 15.5. The van der Waals surface area contributed by atoms with E-state index in [1.54, 1.807) is 0 Å². The fourth-order valence-corrected chi connectivity index (χ4v) is 3.16. The lowest BCUT2D eigenvalue weighted by molar-refractivity contribution is -0.205. The van der Waals surface area contributed by atoms with Gasteiger partial charge in [0.05, 0.1) is 13.2 Å². The van der Waals surface area contributed by atoms with Crippen molar-refractivity contribution in [1.82, 2.24) is 0 Å². The molecular weight excluding hydrogens is 348 g/mol. The molecule has 0 spiro atoms. The quantitative estimate of drug-likeness (QED) is 0.354. The number of esters is 3. The Kier molecular flexibility index (Phi) is 7.43. The first-order chi connectivity index (χ1) is 12.1. The lowest BCUT2D eigenvalue weighted by Crippen LogP contribution is -2.59. The minimum atomic E-state index is -2.12. The summed E-state index contributed by atoms with van der Waals surface area (Å²) in [7, 11) is 1.07. The topological polar surface area (TPSA) is 122 Å². The van der Waals surface area contributed by atoms with Crippen LogP contribution in [0.25, 0.3) is 0 Å². The number of ether oxygens (including phenoxy) is 4. The standard InChI is InChI=1S/C17H24O9/c1-9(18)17(10(2)19,16(22)23-5)15-7-6-13(25-12(4)21)14(26-15)8-24-11(3)20/h13-15H,6-8H2,1-5H3/t13-,14+,15-/m0/s1. The Morgan fingerprint density at radius 3 is 1.96 bits per heavy atom. The third-order valence-corrected chi connectivity index (χ3v) is 4.34. The summed E-state index contributed by atoms with van der Waals surface area (Å²) < 4.78 is 20.5. The van der Waals surface area contributed by atoms with Crippen LogP contribution in [0.2, 0.25) is 0 Å². The summed E-state index contributed by atoms with van der Waals surface area (Å²) in [6.07, 6.45) is -2.47. The lowest BCUT2D eigenvalue weighted by atomic mass is 9.72. The average molecular weight is 372 g/mol. The molecule has 0 aromatic rings. The molecule has 1 fully saturated rings. The first-order valence-corrected chi connectivity index (χ1v) is 8.13. The van der Waals surface area contributed by atoms with Gasteiger partial charge in [0.2, 0.25) is 5.41 Å². The minimum Gasteiger partial charge on any atom is -0.468 e. The Labute approximate surface area is 151 Å². The number of hydrogen-bond acceptors (Lipinski definition) is 9. The van der Waals surface area contributed by atoms with Crippen molar-refractivity contribution in [2.24, 2.45) is 5.41 Å². The third-order valence-electron chi connectivity index (χ3n) is 4.34. The number of hydrogen-bond donors (Lipinski definition) is 0. The van der Waals surface area contributed by atoms with Gasteiger partial charge in [-0.25, -0.2) is 0 Å². The molecular formula is C17H24O9. The van der Waals surface area contributed by atoms with E-state index in [2.05, 4.69) is 4.74 Å². The van der Waals surface area contributed by atoms with Crippen molar-refractivity contribution in [3.8, 4) is 0 Å². The highest BCUT2D eigenvalue weighted by Crippen LogP contribution is 2.37. The maximum absolute atomic E-state index is 12.3. The van der Waals surface area contributed by atoms with Crippen molar-refractivity contribution in [2.75, 3.05) is 13.7 Å². The van der Waals surface area contributed by atoms with E-state index in [1.807, 2.05) is 0 Å². The molecule has 0 amide bonds. The van der Waals surface area contributed by atoms with Crippen LogP contribution in [0.3, 0.4) is 0 Å². The Balaban J connectivity index is 3.20. The first kappa shape index (κ1) is 21.8. The van der Waals surface area contributed by atoms with Crippen LogP contribution in [0.4, 0.5) is 0 Å². The number of ketones is 2. The molecule has 0 aliphatic carbocycles. The normalized spacial score (nSPS) is 22.9. The Morgan fingerprint density at radius 1 is 0.962 bits per heavy atom. The molecule has 26 heavy (non-hydrogen) atoms. The van der Waals surface area contributed by atoms with E-state index in [1.165, 1.54) is 13.8 Å². The van der Waals surface area contributed by atoms with Crippen LogP contribution < -0.4 is 0 Å². The highest BCUT2D eigenvalue weighted by atomic mass is 16.6. The first-order valence-electron chi connectivity index (χ1n) is 8.13. The number of rotatable bonds is 7. The van der Waals surface area contributed by atoms with E-state index in [0.29, 0.717) is 0 Å². The molecule has 0 bridgehead atoms. The van der Waals surface area contributed by atoms with Crippen LogP contribution >= 0.6 is 0 Å². The van der Waals surface area contributed by atoms with Gasteiger partial charge in [-0.05, 0) is 26.7 Å². The van der Waals surface area contributed by atoms with Crippen molar-refractivity contribution >= 4 is 29.5 Å². The maximum Gasteiger partial charge on any atom is 0.329 e. The van der Waals surface area contributed by atoms with Gasteiger partial charge in [-0.15, -0.1) is 0 Å². The smallest absolute Gasteiger partial charge is 0.329 e. The van der Waals surface area contributed by atoms with Crippen molar-refractivity contribution in [3.05, 3.63) is 0 Å². The van der Waals surface area contributed by atoms with Crippen molar-refractivity contribution in [3.63, 3.8) is 0 Å². The van der Waals surface area contributed by atoms with Gasteiger partial charge < -0.3 is 18.9 Å². The highest BCUT2D eigenvalue weighted by molar-refractivity contribution is 6.21. The number of Topliss-reactive ketones (excluding diaryl/α,β-unsaturated/α-hetero) is 2. The molecule has 146 valence electrons. The third kappa shape index (κ3) is 4.46. The monoisotopic (exact) mass is 372 g/mol. The summed E-state index contributed by atoms with van der Waals surface area (Å²) in [5, 5.41) is 0. The fourth-order valence-electron chi connectivity index (χ4n) is 3.16. The predicted octanol–water partition coefficient (Wildman–Crippen LogP) is 0.366. The molecule has 3 atom stereocenters. The number of carbonyl (C=O) groups is 5. The highest BCUT2D eigenvalue weighted by Gasteiger charge is 2.58. The van der Waals surface area contributed by atoms with Crippen molar-refractivity contribution < 1.29 is 42.9 Å². The lowest BCUT2D eigenvalue weighted by Gasteiger charge is -2.41. The van der Waals surface area contributed by atoms with E-state index < -0.39 is 53.2 Å².